The van der Waals surface area contributed by atoms with Crippen LogP contribution in [0.2, 0.25) is 0 Å². The quantitative estimate of drug-likeness (QED) is 0.0990. The van der Waals surface area contributed by atoms with Crippen LogP contribution in [0.1, 0.15) is 182 Å². The molecule has 99 heavy (non-hydrogen) atoms. The minimum absolute atomic E-state index is 0. The third-order valence-electron chi connectivity index (χ3n) is 20.3. The number of ether oxygens (including phenoxy) is 3. The highest BCUT2D eigenvalue weighted by atomic mass is 19.5. The predicted molar refractivity (Wildman–Crippen MR) is 280 cm³/mol. The number of carbonyl (C=O) groups is 3. The molecule has 0 aliphatic heterocycles. The van der Waals surface area contributed by atoms with Gasteiger partial charge in [-0.25, -0.2) is 0 Å². The summed E-state index contributed by atoms with van der Waals surface area (Å²) in [6, 6.07) is 0. The molecule has 3 N–H and O–H groups in total. The first-order chi connectivity index (χ1) is 40.7. The van der Waals surface area contributed by atoms with Crippen LogP contribution in [-0.4, -0.2) is 141 Å². The van der Waals surface area contributed by atoms with E-state index in [0.29, 0.717) is 13.3 Å². The predicted octanol–water partition coefficient (Wildman–Crippen LogP) is 20.2. The second kappa shape index (κ2) is 27.2. The molecule has 9 aliphatic rings. The summed E-state index contributed by atoms with van der Waals surface area (Å²) in [5, 5.41) is 31.8. The molecular formula is C57H79F33O9. The normalized spacial score (nSPS) is 30.5. The van der Waals surface area contributed by atoms with Gasteiger partial charge in [0.1, 0.15) is 0 Å². The Morgan fingerprint density at radius 1 is 0.364 bits per heavy atom. The Morgan fingerprint density at radius 2 is 0.626 bits per heavy atom. The molecule has 0 saturated heterocycles. The summed E-state index contributed by atoms with van der Waals surface area (Å²) >= 11 is 0. The van der Waals surface area contributed by atoms with Gasteiger partial charge in [-0.05, 0) is 135 Å². The van der Waals surface area contributed by atoms with E-state index in [0.717, 1.165) is 13.8 Å². The lowest BCUT2D eigenvalue weighted by molar-refractivity contribution is -0.458. The number of alkyl halides is 33. The molecule has 0 aromatic heterocycles. The third-order valence-corrected chi connectivity index (χ3v) is 20.3. The number of halogens is 33. The van der Waals surface area contributed by atoms with E-state index >= 15 is 0 Å². The summed E-state index contributed by atoms with van der Waals surface area (Å²) in [7, 11) is 0. The molecule has 9 saturated carbocycles. The minimum Gasteiger partial charge on any atom is -0.448 e. The molecule has 0 radical (unpaired) electrons. The van der Waals surface area contributed by atoms with Gasteiger partial charge in [-0.15, -0.1) is 0 Å². The fourth-order valence-electron chi connectivity index (χ4n) is 15.5. The summed E-state index contributed by atoms with van der Waals surface area (Å²) in [5.41, 5.74) is -43.9. The van der Waals surface area contributed by atoms with E-state index in [4.69, 9.17) is 0 Å². The molecule has 0 spiro atoms. The highest BCUT2D eigenvalue weighted by molar-refractivity contribution is 5.79. The van der Waals surface area contributed by atoms with E-state index in [1.165, 1.54) is 0 Å². The van der Waals surface area contributed by atoms with Crippen molar-refractivity contribution in [1.29, 1.82) is 0 Å². The van der Waals surface area contributed by atoms with E-state index in [9.17, 15) is 175 Å². The maximum Gasteiger partial charge on any atom is 0.438 e. The molecule has 8 bridgehead atoms. The molecule has 9 unspecified atom stereocenters. The standard InChI is InChI=1S/C22H23F15O4.C19H23F9O3.C10H9F9O2.6CH4/c1-3-12(2,18(23,24)25)11(38)41-17(21(32,33)34,22(35,36)37)14-5-10-4-13(7-14,8-15(39,6-10)9-14)16(40,19(26,27)28)20(29,30)31;1-3-13(2,17(20,21)22)12(29)31-16(18(23,24)25,19(26,27)28)14-5-10-4-11(6-14)8-15(30,7-10)9-14;1-3-6(2,10(17,18)19)5(20)21-4-7(11,12)9(15,16)8(4,13)14;;;;;;/h10,39-40H,3-9H2,1-2H3;10-11,30H,3-9H2,1-2H3;4H,3H2,1-2H3;6*1H4. The molecule has 592 valence electrons. The van der Waals surface area contributed by atoms with Gasteiger partial charge in [0.05, 0.1) is 11.2 Å². The van der Waals surface area contributed by atoms with Crippen LogP contribution in [0.5, 0.6) is 0 Å². The van der Waals surface area contributed by atoms with E-state index in [1.54, 1.807) is 0 Å². The van der Waals surface area contributed by atoms with Gasteiger partial charge in [0.2, 0.25) is 6.10 Å². The summed E-state index contributed by atoms with van der Waals surface area (Å²) in [6.07, 6.45) is -75.7. The zero-order valence-corrected chi connectivity index (χ0v) is 48.2. The van der Waals surface area contributed by atoms with Gasteiger partial charge in [0.15, 0.2) is 16.2 Å². The summed E-state index contributed by atoms with van der Waals surface area (Å²) in [5.74, 6) is -28.2. The topological polar surface area (TPSA) is 140 Å². The summed E-state index contributed by atoms with van der Waals surface area (Å²) in [6.45, 7) is 2.59. The third kappa shape index (κ3) is 14.0. The molecule has 0 heterocycles. The van der Waals surface area contributed by atoms with Crippen molar-refractivity contribution in [1.82, 2.24) is 0 Å². The second-order valence-corrected chi connectivity index (χ2v) is 26.3. The van der Waals surface area contributed by atoms with Crippen LogP contribution in [0.15, 0.2) is 0 Å². The number of hydrogen-bond donors (Lipinski definition) is 3. The van der Waals surface area contributed by atoms with Gasteiger partial charge < -0.3 is 29.5 Å². The average molecular weight is 1540 g/mol. The molecule has 0 aromatic carbocycles. The minimum atomic E-state index is -6.97. The molecule has 9 atom stereocenters. The lowest BCUT2D eigenvalue weighted by atomic mass is 9.36. The van der Waals surface area contributed by atoms with Crippen LogP contribution in [0.25, 0.3) is 0 Å². The van der Waals surface area contributed by atoms with Crippen molar-refractivity contribution >= 4 is 17.9 Å². The Labute approximate surface area is 546 Å². The second-order valence-electron chi connectivity index (χ2n) is 26.3. The van der Waals surface area contributed by atoms with E-state index in [2.05, 4.69) is 14.2 Å². The molecule has 42 heteroatoms. The Morgan fingerprint density at radius 3 is 0.899 bits per heavy atom. The number of hydrogen-bond acceptors (Lipinski definition) is 9. The monoisotopic (exact) mass is 1530 g/mol. The molecule has 9 aliphatic carbocycles. The first-order valence-corrected chi connectivity index (χ1v) is 27.3. The number of carbonyl (C=O) groups excluding carboxylic acids is 3. The van der Waals surface area contributed by atoms with Crippen molar-refractivity contribution in [2.24, 2.45) is 50.2 Å². The zero-order valence-electron chi connectivity index (χ0n) is 48.2. The van der Waals surface area contributed by atoms with Crippen molar-refractivity contribution < 1.29 is 189 Å². The Hall–Kier alpha value is -4.02. The van der Waals surface area contributed by atoms with Crippen LogP contribution in [-0.2, 0) is 28.6 Å². The molecule has 9 fully saturated rings. The van der Waals surface area contributed by atoms with Crippen LogP contribution < -0.4 is 0 Å². The van der Waals surface area contributed by atoms with Crippen molar-refractivity contribution in [3.05, 3.63) is 0 Å². The van der Waals surface area contributed by atoms with Crippen molar-refractivity contribution in [2.45, 2.75) is 290 Å². The van der Waals surface area contributed by atoms with Crippen LogP contribution in [0.4, 0.5) is 145 Å². The molecule has 0 aromatic rings. The largest absolute Gasteiger partial charge is 0.448 e. The van der Waals surface area contributed by atoms with Gasteiger partial charge in [-0.3, -0.25) is 14.4 Å². The highest BCUT2D eigenvalue weighted by Gasteiger charge is 2.94. The molecule has 0 amide bonds. The Balaban J connectivity index is 0. The summed E-state index contributed by atoms with van der Waals surface area (Å²) in [4.78, 5) is 36.3. The molecule has 9 nitrogen and oxygen atoms in total. The van der Waals surface area contributed by atoms with E-state index in [1.807, 2.05) is 0 Å². The average Bonchev–Trinajstić information content (AvgIpc) is 0.662. The van der Waals surface area contributed by atoms with Crippen LogP contribution in [0.3, 0.4) is 0 Å². The maximum absolute atomic E-state index is 14.7. The first-order valence-electron chi connectivity index (χ1n) is 27.3. The number of esters is 3. The lowest BCUT2D eigenvalue weighted by Gasteiger charge is -2.70. The number of rotatable bonds is 12. The van der Waals surface area contributed by atoms with Crippen LogP contribution in [0, 0.1) is 50.2 Å². The van der Waals surface area contributed by atoms with Crippen molar-refractivity contribution in [2.75, 3.05) is 0 Å². The summed E-state index contributed by atoms with van der Waals surface area (Å²) < 4.78 is 464. The van der Waals surface area contributed by atoms with Crippen molar-refractivity contribution in [3.63, 3.8) is 0 Å². The van der Waals surface area contributed by atoms with Gasteiger partial charge in [0.25, 0.3) is 5.60 Å². The SMILES string of the molecule is C.C.C.C.C.C.CCC(C)(C(=O)OC(C(F)(F)F)(C(F)(F)F)C12CC3CC(CC(O)(C3)C1)C2)C(F)(F)F.CCC(C)(C(=O)OC(C(F)(F)F)(C(F)(F)F)C12CC3CC(O)(CC(C(O)(C(F)(F)F)C(F)(F)F)(C3)C1)C2)C(F)(F)F.CCC(C)(C(=O)OC1C(F)(F)C(F)(F)C1(F)F)C(F)(F)F. The van der Waals surface area contributed by atoms with Crippen LogP contribution >= 0.6 is 0 Å². The Bertz CT molecular complexity index is 2740. The van der Waals surface area contributed by atoms with Gasteiger partial charge >= 0.3 is 102 Å². The molecule has 9 rings (SSSR count). The van der Waals surface area contributed by atoms with E-state index < -0.39 is 253 Å². The van der Waals surface area contributed by atoms with Gasteiger partial charge in [0, 0.05) is 16.2 Å². The van der Waals surface area contributed by atoms with Crippen molar-refractivity contribution in [3.8, 4) is 0 Å². The molecular weight excluding hydrogens is 1460 g/mol. The van der Waals surface area contributed by atoms with Gasteiger partial charge in [-0.2, -0.15) is 145 Å². The zero-order chi connectivity index (χ0) is 73.3. The van der Waals surface area contributed by atoms with E-state index in [-0.39, 0.29) is 78.2 Å². The first kappa shape index (κ1) is 97.0. The fourth-order valence-corrected chi connectivity index (χ4v) is 15.5. The smallest absolute Gasteiger partial charge is 0.438 e. The lowest BCUT2D eigenvalue weighted by Crippen LogP contribution is -2.80. The fraction of sp³-hybridized carbons (Fsp3) is 0.947. The Kier molecular flexibility index (Phi) is 26.6. The maximum atomic E-state index is 14.7. The van der Waals surface area contributed by atoms with Gasteiger partial charge in [-0.1, -0.05) is 65.3 Å². The number of aliphatic hydroxyl groups is 3. The highest BCUT2D eigenvalue weighted by Crippen LogP contribution is 2.79.